The lowest BCUT2D eigenvalue weighted by Crippen LogP contribution is -2.45. The minimum Gasteiger partial charge on any atom is -0.377 e. The van der Waals surface area contributed by atoms with E-state index >= 15 is 0 Å². The second-order valence-electron chi connectivity index (χ2n) is 4.22. The molecule has 0 spiro atoms. The van der Waals surface area contributed by atoms with Crippen molar-refractivity contribution < 1.29 is 4.74 Å². The third-order valence-electron chi connectivity index (χ3n) is 3.16. The molecule has 1 aromatic carbocycles. The highest BCUT2D eigenvalue weighted by atomic mass is 32.1. The SMILES string of the molecule is Cc1sc2ccccc2c1C1(C#N)COC1. The highest BCUT2D eigenvalue weighted by Gasteiger charge is 2.43. The van der Waals surface area contributed by atoms with Gasteiger partial charge in [0.2, 0.25) is 0 Å². The van der Waals surface area contributed by atoms with Crippen molar-refractivity contribution in [1.82, 2.24) is 0 Å². The number of rotatable bonds is 1. The first-order valence-corrected chi connectivity index (χ1v) is 6.06. The van der Waals surface area contributed by atoms with Gasteiger partial charge in [-0.05, 0) is 23.9 Å². The quantitative estimate of drug-likeness (QED) is 0.753. The second-order valence-corrected chi connectivity index (χ2v) is 5.47. The third-order valence-corrected chi connectivity index (χ3v) is 4.25. The number of nitrogens with zero attached hydrogens (tertiary/aromatic N) is 1. The Morgan fingerprint density at radius 3 is 2.75 bits per heavy atom. The summed E-state index contributed by atoms with van der Waals surface area (Å²) in [4.78, 5) is 1.24. The average Bonchev–Trinajstić information content (AvgIpc) is 2.56. The predicted octanol–water partition coefficient (Wildman–Crippen LogP) is 3.00. The van der Waals surface area contributed by atoms with Crippen LogP contribution < -0.4 is 0 Å². The van der Waals surface area contributed by atoms with Crippen molar-refractivity contribution in [2.45, 2.75) is 12.3 Å². The van der Waals surface area contributed by atoms with Crippen molar-refractivity contribution in [3.8, 4) is 6.07 Å². The number of thiophene rings is 1. The van der Waals surface area contributed by atoms with Gasteiger partial charge in [-0.25, -0.2) is 0 Å². The average molecular weight is 229 g/mol. The molecule has 80 valence electrons. The van der Waals surface area contributed by atoms with E-state index in [1.807, 2.05) is 12.1 Å². The standard InChI is InChI=1S/C13H11NOS/c1-9-12(13(6-14)7-15-8-13)10-4-2-3-5-11(10)16-9/h2-5H,7-8H2,1H3. The second kappa shape index (κ2) is 3.31. The predicted molar refractivity (Wildman–Crippen MR) is 64.7 cm³/mol. The molecule has 0 amide bonds. The minimum atomic E-state index is -0.399. The molecule has 1 fully saturated rings. The number of ether oxygens (including phenoxy) is 1. The van der Waals surface area contributed by atoms with E-state index in [0.29, 0.717) is 13.2 Å². The number of hydrogen-bond acceptors (Lipinski definition) is 3. The summed E-state index contributed by atoms with van der Waals surface area (Å²) in [7, 11) is 0. The van der Waals surface area contributed by atoms with Crippen molar-refractivity contribution in [3.63, 3.8) is 0 Å². The fourth-order valence-electron chi connectivity index (χ4n) is 2.33. The fraction of sp³-hybridized carbons (Fsp3) is 0.308. The maximum Gasteiger partial charge on any atom is 0.130 e. The van der Waals surface area contributed by atoms with E-state index in [4.69, 9.17) is 4.74 Å². The molecule has 16 heavy (non-hydrogen) atoms. The Hall–Kier alpha value is -1.37. The van der Waals surface area contributed by atoms with Gasteiger partial charge in [-0.3, -0.25) is 0 Å². The highest BCUT2D eigenvalue weighted by Crippen LogP contribution is 2.42. The van der Waals surface area contributed by atoms with E-state index in [1.54, 1.807) is 11.3 Å². The zero-order valence-electron chi connectivity index (χ0n) is 8.99. The molecule has 2 heterocycles. The first-order valence-electron chi connectivity index (χ1n) is 5.24. The van der Waals surface area contributed by atoms with Crippen LogP contribution in [-0.2, 0) is 10.2 Å². The first-order chi connectivity index (χ1) is 7.77. The first kappa shape index (κ1) is 9.83. The monoisotopic (exact) mass is 229 g/mol. The number of fused-ring (bicyclic) bond motifs is 1. The molecule has 0 saturated carbocycles. The molecule has 0 unspecified atom stereocenters. The van der Waals surface area contributed by atoms with Crippen molar-refractivity contribution in [3.05, 3.63) is 34.7 Å². The van der Waals surface area contributed by atoms with Gasteiger partial charge in [0.15, 0.2) is 0 Å². The van der Waals surface area contributed by atoms with Crippen molar-refractivity contribution in [1.29, 1.82) is 5.26 Å². The summed E-state index contributed by atoms with van der Waals surface area (Å²) in [6, 6.07) is 10.7. The van der Waals surface area contributed by atoms with Crippen LogP contribution in [0.2, 0.25) is 0 Å². The number of benzene rings is 1. The molecule has 1 aromatic heterocycles. The lowest BCUT2D eigenvalue weighted by atomic mass is 9.79. The summed E-state index contributed by atoms with van der Waals surface area (Å²) in [5.74, 6) is 0. The van der Waals surface area contributed by atoms with Crippen LogP contribution in [0.5, 0.6) is 0 Å². The van der Waals surface area contributed by atoms with Gasteiger partial charge < -0.3 is 4.74 Å². The molecular formula is C13H11NOS. The molecule has 1 aliphatic heterocycles. The zero-order valence-corrected chi connectivity index (χ0v) is 9.80. The summed E-state index contributed by atoms with van der Waals surface area (Å²) in [6.07, 6.45) is 0. The van der Waals surface area contributed by atoms with Gasteiger partial charge in [0.1, 0.15) is 5.41 Å². The van der Waals surface area contributed by atoms with Crippen LogP contribution in [0, 0.1) is 18.3 Å². The molecule has 1 saturated heterocycles. The molecule has 0 bridgehead atoms. The van der Waals surface area contributed by atoms with E-state index in [2.05, 4.69) is 25.1 Å². The van der Waals surface area contributed by atoms with E-state index in [1.165, 1.54) is 20.5 Å². The van der Waals surface area contributed by atoms with Crippen LogP contribution in [0.25, 0.3) is 10.1 Å². The van der Waals surface area contributed by atoms with E-state index in [9.17, 15) is 5.26 Å². The smallest absolute Gasteiger partial charge is 0.130 e. The molecule has 3 heteroatoms. The lowest BCUT2D eigenvalue weighted by molar-refractivity contribution is -0.0292. The summed E-state index contributed by atoms with van der Waals surface area (Å²) in [5, 5.41) is 10.6. The van der Waals surface area contributed by atoms with Crippen molar-refractivity contribution >= 4 is 21.4 Å². The van der Waals surface area contributed by atoms with Gasteiger partial charge in [-0.2, -0.15) is 5.26 Å². The molecule has 0 aliphatic carbocycles. The normalized spacial score (nSPS) is 18.0. The number of aryl methyl sites for hydroxylation is 1. The zero-order chi connectivity index (χ0) is 11.2. The Bertz CT molecular complexity index is 589. The molecular weight excluding hydrogens is 218 g/mol. The molecule has 2 aromatic rings. The Morgan fingerprint density at radius 2 is 2.12 bits per heavy atom. The van der Waals surface area contributed by atoms with Crippen molar-refractivity contribution in [2.24, 2.45) is 0 Å². The minimum absolute atomic E-state index is 0.399. The van der Waals surface area contributed by atoms with Gasteiger partial charge in [-0.15, -0.1) is 11.3 Å². The maximum atomic E-state index is 9.37. The van der Waals surface area contributed by atoms with Crippen LogP contribution in [0.4, 0.5) is 0 Å². The Balaban J connectivity index is 2.31. The number of nitriles is 1. The Kier molecular flexibility index (Phi) is 2.03. The van der Waals surface area contributed by atoms with Crippen LogP contribution in [0.1, 0.15) is 10.4 Å². The molecule has 0 N–H and O–H groups in total. The molecule has 2 nitrogen and oxygen atoms in total. The van der Waals surface area contributed by atoms with Crippen LogP contribution in [0.3, 0.4) is 0 Å². The topological polar surface area (TPSA) is 33.0 Å². The van der Waals surface area contributed by atoms with E-state index in [-0.39, 0.29) is 0 Å². The number of hydrogen-bond donors (Lipinski definition) is 0. The van der Waals surface area contributed by atoms with Gasteiger partial charge in [0, 0.05) is 9.58 Å². The van der Waals surface area contributed by atoms with Crippen LogP contribution in [-0.4, -0.2) is 13.2 Å². The Morgan fingerprint density at radius 1 is 1.38 bits per heavy atom. The molecule has 0 radical (unpaired) electrons. The summed E-state index contributed by atoms with van der Waals surface area (Å²) in [5.41, 5.74) is 0.783. The van der Waals surface area contributed by atoms with E-state index < -0.39 is 5.41 Å². The van der Waals surface area contributed by atoms with Crippen LogP contribution >= 0.6 is 11.3 Å². The molecule has 1 aliphatic rings. The van der Waals surface area contributed by atoms with E-state index in [0.717, 1.165) is 0 Å². The maximum absolute atomic E-state index is 9.37. The lowest BCUT2D eigenvalue weighted by Gasteiger charge is -2.35. The van der Waals surface area contributed by atoms with Gasteiger partial charge in [0.05, 0.1) is 19.3 Å². The molecule has 3 rings (SSSR count). The fourth-order valence-corrected chi connectivity index (χ4v) is 3.50. The summed E-state index contributed by atoms with van der Waals surface area (Å²) < 4.78 is 6.50. The summed E-state index contributed by atoms with van der Waals surface area (Å²) in [6.45, 7) is 3.16. The van der Waals surface area contributed by atoms with Crippen LogP contribution in [0.15, 0.2) is 24.3 Å². The summed E-state index contributed by atoms with van der Waals surface area (Å²) >= 11 is 1.76. The Labute approximate surface area is 98.1 Å². The van der Waals surface area contributed by atoms with Crippen molar-refractivity contribution in [2.75, 3.05) is 13.2 Å². The van der Waals surface area contributed by atoms with Gasteiger partial charge in [0.25, 0.3) is 0 Å². The third kappa shape index (κ3) is 1.14. The largest absolute Gasteiger partial charge is 0.377 e. The molecule has 0 atom stereocenters. The van der Waals surface area contributed by atoms with Gasteiger partial charge in [-0.1, -0.05) is 18.2 Å². The highest BCUT2D eigenvalue weighted by molar-refractivity contribution is 7.19. The van der Waals surface area contributed by atoms with Gasteiger partial charge >= 0.3 is 0 Å².